The van der Waals surface area contributed by atoms with Gasteiger partial charge in [-0.3, -0.25) is 23.4 Å². The fourth-order valence-corrected chi connectivity index (χ4v) is 0. The van der Waals surface area contributed by atoms with Crippen LogP contribution in [0, 0.1) is 0 Å². The van der Waals surface area contributed by atoms with Crippen LogP contribution in [0.3, 0.4) is 0 Å². The highest BCUT2D eigenvalue weighted by Gasteiger charge is 0.728. The van der Waals surface area contributed by atoms with Crippen LogP contribution in [0.1, 0.15) is 0 Å². The highest BCUT2D eigenvalue weighted by molar-refractivity contribution is 8.93. The first-order valence-electron chi connectivity index (χ1n) is 0.667. The SMILES string of the molecule is Br.NN.NN. The number of hydrogen-bond acceptors (Lipinski definition) is 4. The van der Waals surface area contributed by atoms with E-state index in [1.165, 1.54) is 0 Å². The molecule has 0 rings (SSSR count). The zero-order valence-electron chi connectivity index (χ0n) is 2.72. The lowest BCUT2D eigenvalue weighted by Gasteiger charge is -1.27. The van der Waals surface area contributed by atoms with Crippen LogP contribution in [0.5, 0.6) is 0 Å². The second-order valence-corrected chi connectivity index (χ2v) is 0. The Kier molecular flexibility index (Phi) is 1720. The molecule has 5 heavy (non-hydrogen) atoms. The Morgan fingerprint density at radius 1 is 0.600 bits per heavy atom. The minimum Gasteiger partial charge on any atom is -0.274 e. The molecule has 0 aromatic rings. The molecule has 0 bridgehead atoms. The molecule has 0 aliphatic rings. The van der Waals surface area contributed by atoms with E-state index in [0.29, 0.717) is 0 Å². The molecule has 0 fully saturated rings. The van der Waals surface area contributed by atoms with Gasteiger partial charge < -0.3 is 0 Å². The van der Waals surface area contributed by atoms with Crippen molar-refractivity contribution in [2.24, 2.45) is 23.4 Å². The van der Waals surface area contributed by atoms with E-state index in [9.17, 15) is 0 Å². The van der Waals surface area contributed by atoms with E-state index < -0.39 is 0 Å². The van der Waals surface area contributed by atoms with Gasteiger partial charge in [-0.1, -0.05) is 0 Å². The van der Waals surface area contributed by atoms with Crippen LogP contribution < -0.4 is 23.4 Å². The van der Waals surface area contributed by atoms with Crippen LogP contribution in [0.25, 0.3) is 0 Å². The van der Waals surface area contributed by atoms with Gasteiger partial charge in [0, 0.05) is 0 Å². The maximum absolute atomic E-state index is 4.00. The topological polar surface area (TPSA) is 104 Å². The zero-order valence-corrected chi connectivity index (χ0v) is 4.43. The molecule has 0 aromatic carbocycles. The van der Waals surface area contributed by atoms with E-state index in [2.05, 4.69) is 23.4 Å². The van der Waals surface area contributed by atoms with Crippen LogP contribution in [0.4, 0.5) is 0 Å². The van der Waals surface area contributed by atoms with Gasteiger partial charge in [-0.25, -0.2) is 0 Å². The van der Waals surface area contributed by atoms with Crippen molar-refractivity contribution in [2.45, 2.75) is 0 Å². The van der Waals surface area contributed by atoms with Gasteiger partial charge in [0.05, 0.1) is 0 Å². The molecule has 0 radical (unpaired) electrons. The lowest BCUT2D eigenvalue weighted by Crippen LogP contribution is -2.02. The maximum atomic E-state index is 4.00. The van der Waals surface area contributed by atoms with Gasteiger partial charge in [0.25, 0.3) is 0 Å². The number of hydrogen-bond donors (Lipinski definition) is 4. The lowest BCUT2D eigenvalue weighted by atomic mass is 13.0. The second-order valence-electron chi connectivity index (χ2n) is 0. The molecule has 0 atom stereocenters. The summed E-state index contributed by atoms with van der Waals surface area (Å²) in [6.45, 7) is 0. The van der Waals surface area contributed by atoms with Crippen molar-refractivity contribution in [3.05, 3.63) is 0 Å². The van der Waals surface area contributed by atoms with Crippen LogP contribution in [0.15, 0.2) is 0 Å². The van der Waals surface area contributed by atoms with Gasteiger partial charge in [0.2, 0.25) is 0 Å². The Morgan fingerprint density at radius 3 is 0.600 bits per heavy atom. The van der Waals surface area contributed by atoms with Crippen molar-refractivity contribution >= 4 is 17.0 Å². The molecule has 0 aliphatic carbocycles. The van der Waals surface area contributed by atoms with Crippen molar-refractivity contribution in [2.75, 3.05) is 0 Å². The minimum atomic E-state index is 0. The average molecular weight is 145 g/mol. The fraction of sp³-hybridized carbons (Fsp3) is 0. The molecule has 0 heterocycles. The van der Waals surface area contributed by atoms with E-state index in [1.807, 2.05) is 0 Å². The van der Waals surface area contributed by atoms with Gasteiger partial charge in [-0.05, 0) is 0 Å². The third kappa shape index (κ3) is 227. The van der Waals surface area contributed by atoms with Crippen LogP contribution in [-0.2, 0) is 0 Å². The zero-order chi connectivity index (χ0) is 4.00. The van der Waals surface area contributed by atoms with Crippen molar-refractivity contribution < 1.29 is 0 Å². The van der Waals surface area contributed by atoms with Crippen molar-refractivity contribution in [3.63, 3.8) is 0 Å². The average Bonchev–Trinajstić information content (AvgIpc) is 1.50. The quantitative estimate of drug-likeness (QED) is 0.239. The van der Waals surface area contributed by atoms with Gasteiger partial charge in [0.15, 0.2) is 0 Å². The first-order valence-corrected chi connectivity index (χ1v) is 0.667. The van der Waals surface area contributed by atoms with Crippen molar-refractivity contribution in [1.82, 2.24) is 0 Å². The van der Waals surface area contributed by atoms with E-state index in [1.54, 1.807) is 0 Å². The van der Waals surface area contributed by atoms with E-state index >= 15 is 0 Å². The normalized spacial score (nSPS) is 2.40. The predicted molar refractivity (Wildman–Crippen MR) is 27.1 cm³/mol. The second kappa shape index (κ2) is 465. The standard InChI is InChI=1S/BrH.2H4N2/c;2*1-2/h1H;2*1-2H2. The number of halogens is 1. The van der Waals surface area contributed by atoms with Crippen LogP contribution in [-0.4, -0.2) is 0 Å². The van der Waals surface area contributed by atoms with Crippen LogP contribution >= 0.6 is 17.0 Å². The van der Waals surface area contributed by atoms with E-state index in [4.69, 9.17) is 0 Å². The summed E-state index contributed by atoms with van der Waals surface area (Å²) < 4.78 is 0. The summed E-state index contributed by atoms with van der Waals surface area (Å²) in [7, 11) is 0. The van der Waals surface area contributed by atoms with E-state index in [0.717, 1.165) is 0 Å². The fourth-order valence-electron chi connectivity index (χ4n) is 0. The summed E-state index contributed by atoms with van der Waals surface area (Å²) in [4.78, 5) is 0. The molecule has 8 N–H and O–H groups in total. The molecular formula is H9BrN4. The van der Waals surface area contributed by atoms with Gasteiger partial charge in [0.1, 0.15) is 0 Å². The Morgan fingerprint density at radius 2 is 0.600 bits per heavy atom. The Hall–Kier alpha value is 0.320. The van der Waals surface area contributed by atoms with Crippen molar-refractivity contribution in [3.8, 4) is 0 Å². The highest BCUT2D eigenvalue weighted by Crippen LogP contribution is 0.846. The molecule has 0 aromatic heterocycles. The third-order valence-corrected chi connectivity index (χ3v) is 0. The minimum absolute atomic E-state index is 0. The first kappa shape index (κ1) is 18.4. The summed E-state index contributed by atoms with van der Waals surface area (Å²) >= 11 is 0. The summed E-state index contributed by atoms with van der Waals surface area (Å²) in [6, 6.07) is 0. The monoisotopic (exact) mass is 144 g/mol. The third-order valence-electron chi connectivity index (χ3n) is 0. The predicted octanol–water partition coefficient (Wildman–Crippen LogP) is -1.78. The smallest absolute Gasteiger partial charge is 0.114 e. The first-order chi connectivity index (χ1) is 2.00. The lowest BCUT2D eigenvalue weighted by molar-refractivity contribution is 1.26. The molecular weight excluding hydrogens is 136 g/mol. The van der Waals surface area contributed by atoms with Gasteiger partial charge in [-0.15, -0.1) is 17.0 Å². The molecule has 0 spiro atoms. The summed E-state index contributed by atoms with van der Waals surface area (Å²) in [5, 5.41) is 0. The Bertz CT molecular complexity index is 3.61. The van der Waals surface area contributed by atoms with Gasteiger partial charge in [-0.2, -0.15) is 0 Å². The molecule has 0 amide bonds. The molecule has 0 aliphatic heterocycles. The molecule has 4 nitrogen and oxygen atoms in total. The molecule has 5 heteroatoms. The molecule has 36 valence electrons. The van der Waals surface area contributed by atoms with E-state index in [-0.39, 0.29) is 17.0 Å². The summed E-state index contributed by atoms with van der Waals surface area (Å²) in [5.74, 6) is 16.0. The Labute approximate surface area is 41.2 Å². The number of nitrogens with two attached hydrogens (primary N) is 4. The Balaban J connectivity index is -0.0000000133. The molecule has 0 saturated carbocycles. The summed E-state index contributed by atoms with van der Waals surface area (Å²) in [6.07, 6.45) is 0. The largest absolute Gasteiger partial charge is 0.274 e. The number of hydrazine groups is 2. The summed E-state index contributed by atoms with van der Waals surface area (Å²) in [5.41, 5.74) is 0. The number of rotatable bonds is 0. The van der Waals surface area contributed by atoms with Gasteiger partial charge >= 0.3 is 0 Å². The maximum Gasteiger partial charge on any atom is -0.114 e. The molecule has 0 saturated heterocycles. The highest BCUT2D eigenvalue weighted by atomic mass is 79.9. The molecule has 0 unspecified atom stereocenters. The van der Waals surface area contributed by atoms with Crippen molar-refractivity contribution in [1.29, 1.82) is 0 Å². The van der Waals surface area contributed by atoms with Crippen LogP contribution in [0.2, 0.25) is 0 Å².